The smallest absolute Gasteiger partial charge is 0.410 e. The molecule has 0 unspecified atom stereocenters. The summed E-state index contributed by atoms with van der Waals surface area (Å²) in [5.74, 6) is 1.42. The Kier molecular flexibility index (Phi) is 5.20. The molecule has 0 bridgehead atoms. The Hall–Kier alpha value is -3.94. The molecule has 2 N–H and O–H groups in total. The maximum Gasteiger partial charge on any atom is 0.410 e. The fourth-order valence-corrected chi connectivity index (χ4v) is 3.84. The molecule has 2 aromatic heterocycles. The summed E-state index contributed by atoms with van der Waals surface area (Å²) in [6, 6.07) is 14.0. The number of para-hydroxylation sites is 1. The standard InChI is InChI=1S/C25H26N6O2/c1-25(2,3)33-24(32)31-12-10-16(11-13-31)22-28-21-7-5-4-6-19(21)23(29-22)27-18-8-9-20-17(14-18)15-26-30-20/h4-10,14-15H,11-13H2,1-3H3,(H,26,30)(H,27,28,29). The molecule has 2 aromatic carbocycles. The molecule has 0 atom stereocenters. The van der Waals surface area contributed by atoms with Crippen molar-refractivity contribution in [3.8, 4) is 0 Å². The third-order valence-corrected chi connectivity index (χ3v) is 5.45. The van der Waals surface area contributed by atoms with Gasteiger partial charge in [-0.05, 0) is 63.1 Å². The van der Waals surface area contributed by atoms with Crippen LogP contribution in [0, 0.1) is 0 Å². The third kappa shape index (κ3) is 4.50. The topological polar surface area (TPSA) is 96.0 Å². The van der Waals surface area contributed by atoms with Crippen molar-refractivity contribution in [3.63, 3.8) is 0 Å². The Morgan fingerprint density at radius 2 is 2.00 bits per heavy atom. The number of hydrogen-bond acceptors (Lipinski definition) is 6. The van der Waals surface area contributed by atoms with E-state index in [9.17, 15) is 4.79 Å². The number of nitrogens with one attached hydrogen (secondary N) is 2. The van der Waals surface area contributed by atoms with Crippen LogP contribution in [-0.4, -0.2) is 49.8 Å². The SMILES string of the molecule is CC(C)(C)OC(=O)N1CC=C(c2nc(Nc3ccc4[nH]ncc4c3)c3ccccc3n2)CC1. The Bertz CT molecular complexity index is 1370. The summed E-state index contributed by atoms with van der Waals surface area (Å²) < 4.78 is 5.50. The van der Waals surface area contributed by atoms with Crippen molar-refractivity contribution in [1.29, 1.82) is 0 Å². The summed E-state index contributed by atoms with van der Waals surface area (Å²) >= 11 is 0. The third-order valence-electron chi connectivity index (χ3n) is 5.45. The van der Waals surface area contributed by atoms with Gasteiger partial charge in [0.25, 0.3) is 0 Å². The number of rotatable bonds is 3. The predicted octanol–water partition coefficient (Wildman–Crippen LogP) is 5.27. The number of fused-ring (bicyclic) bond motifs is 2. The fraction of sp³-hybridized carbons (Fsp3) is 0.280. The van der Waals surface area contributed by atoms with Gasteiger partial charge in [-0.1, -0.05) is 18.2 Å². The highest BCUT2D eigenvalue weighted by molar-refractivity contribution is 5.93. The van der Waals surface area contributed by atoms with E-state index in [4.69, 9.17) is 14.7 Å². The average Bonchev–Trinajstić information content (AvgIpc) is 3.26. The summed E-state index contributed by atoms with van der Waals surface area (Å²) in [4.78, 5) is 23.8. The van der Waals surface area contributed by atoms with E-state index in [0.717, 1.165) is 38.9 Å². The fourth-order valence-electron chi connectivity index (χ4n) is 3.84. The summed E-state index contributed by atoms with van der Waals surface area (Å²) in [6.45, 7) is 6.66. The van der Waals surface area contributed by atoms with Gasteiger partial charge in [0.15, 0.2) is 5.82 Å². The van der Waals surface area contributed by atoms with Gasteiger partial charge in [-0.25, -0.2) is 14.8 Å². The summed E-state index contributed by atoms with van der Waals surface area (Å²) in [6.07, 6.45) is 4.18. The number of ether oxygens (including phenoxy) is 1. The number of benzene rings is 2. The van der Waals surface area contributed by atoms with Crippen LogP contribution in [-0.2, 0) is 4.74 Å². The molecule has 0 saturated carbocycles. The predicted molar refractivity (Wildman–Crippen MR) is 129 cm³/mol. The van der Waals surface area contributed by atoms with Crippen molar-refractivity contribution in [2.24, 2.45) is 0 Å². The highest BCUT2D eigenvalue weighted by atomic mass is 16.6. The van der Waals surface area contributed by atoms with Gasteiger partial charge in [0.1, 0.15) is 11.4 Å². The molecule has 3 heterocycles. The van der Waals surface area contributed by atoms with Gasteiger partial charge in [0.2, 0.25) is 0 Å². The van der Waals surface area contributed by atoms with Gasteiger partial charge in [-0.2, -0.15) is 5.10 Å². The van der Waals surface area contributed by atoms with Crippen LogP contribution in [0.2, 0.25) is 0 Å². The lowest BCUT2D eigenvalue weighted by Crippen LogP contribution is -2.39. The molecule has 8 heteroatoms. The first kappa shape index (κ1) is 20.9. The number of hydrogen-bond donors (Lipinski definition) is 2. The van der Waals surface area contributed by atoms with Gasteiger partial charge >= 0.3 is 6.09 Å². The molecule has 0 radical (unpaired) electrons. The van der Waals surface area contributed by atoms with Crippen LogP contribution in [0.5, 0.6) is 0 Å². The highest BCUT2D eigenvalue weighted by Crippen LogP contribution is 2.29. The molecule has 0 fully saturated rings. The van der Waals surface area contributed by atoms with Crippen LogP contribution >= 0.6 is 0 Å². The van der Waals surface area contributed by atoms with Crippen LogP contribution < -0.4 is 5.32 Å². The van der Waals surface area contributed by atoms with Gasteiger partial charge in [0, 0.05) is 29.5 Å². The number of aromatic amines is 1. The quantitative estimate of drug-likeness (QED) is 0.448. The normalized spacial score (nSPS) is 14.4. The first-order valence-electron chi connectivity index (χ1n) is 11.0. The van der Waals surface area contributed by atoms with E-state index >= 15 is 0 Å². The van der Waals surface area contributed by atoms with Crippen molar-refractivity contribution >= 4 is 45.0 Å². The minimum Gasteiger partial charge on any atom is -0.444 e. The van der Waals surface area contributed by atoms with E-state index in [2.05, 4.69) is 15.5 Å². The van der Waals surface area contributed by atoms with E-state index in [1.165, 1.54) is 0 Å². The number of H-pyrrole nitrogens is 1. The van der Waals surface area contributed by atoms with Crippen molar-refractivity contribution in [2.75, 3.05) is 18.4 Å². The van der Waals surface area contributed by atoms with Crippen LogP contribution in [0.4, 0.5) is 16.3 Å². The van der Waals surface area contributed by atoms with Crippen molar-refractivity contribution in [1.82, 2.24) is 25.1 Å². The minimum absolute atomic E-state index is 0.297. The molecule has 1 aliphatic heterocycles. The van der Waals surface area contributed by atoms with E-state index in [0.29, 0.717) is 25.3 Å². The van der Waals surface area contributed by atoms with E-state index in [1.54, 1.807) is 11.1 Å². The van der Waals surface area contributed by atoms with Gasteiger partial charge < -0.3 is 15.0 Å². The van der Waals surface area contributed by atoms with Crippen LogP contribution in [0.3, 0.4) is 0 Å². The van der Waals surface area contributed by atoms with Gasteiger partial charge in [0.05, 0.1) is 17.2 Å². The van der Waals surface area contributed by atoms with E-state index in [-0.39, 0.29) is 6.09 Å². The van der Waals surface area contributed by atoms with Crippen LogP contribution in [0.1, 0.15) is 33.0 Å². The molecule has 0 saturated heterocycles. The highest BCUT2D eigenvalue weighted by Gasteiger charge is 2.25. The van der Waals surface area contributed by atoms with Crippen molar-refractivity contribution < 1.29 is 9.53 Å². The first-order valence-corrected chi connectivity index (χ1v) is 11.0. The number of anilines is 2. The van der Waals surface area contributed by atoms with Crippen molar-refractivity contribution in [2.45, 2.75) is 32.8 Å². The molecule has 5 rings (SSSR count). The molecule has 33 heavy (non-hydrogen) atoms. The molecule has 0 spiro atoms. The van der Waals surface area contributed by atoms with Crippen molar-refractivity contribution in [3.05, 3.63) is 60.6 Å². The lowest BCUT2D eigenvalue weighted by Gasteiger charge is -2.29. The maximum atomic E-state index is 12.4. The zero-order valence-electron chi connectivity index (χ0n) is 18.9. The van der Waals surface area contributed by atoms with Gasteiger partial charge in [-0.15, -0.1) is 0 Å². The number of nitrogens with zero attached hydrogens (tertiary/aromatic N) is 4. The number of amides is 1. The number of carbonyl (C=O) groups excluding carboxylic acids is 1. The van der Waals surface area contributed by atoms with E-state index in [1.807, 2.05) is 69.3 Å². The lowest BCUT2D eigenvalue weighted by atomic mass is 10.1. The number of aromatic nitrogens is 4. The maximum absolute atomic E-state index is 12.4. The first-order chi connectivity index (χ1) is 15.9. The monoisotopic (exact) mass is 442 g/mol. The number of carbonyl (C=O) groups is 1. The molecule has 8 nitrogen and oxygen atoms in total. The van der Waals surface area contributed by atoms with Gasteiger partial charge in [-0.3, -0.25) is 5.10 Å². The Balaban J connectivity index is 1.44. The average molecular weight is 443 g/mol. The van der Waals surface area contributed by atoms with Crippen LogP contribution in [0.15, 0.2) is 54.7 Å². The zero-order chi connectivity index (χ0) is 23.0. The molecule has 1 aliphatic rings. The van der Waals surface area contributed by atoms with Crippen LogP contribution in [0.25, 0.3) is 27.4 Å². The molecule has 4 aromatic rings. The molecule has 168 valence electrons. The molecular weight excluding hydrogens is 416 g/mol. The van der Waals surface area contributed by atoms with E-state index < -0.39 is 5.60 Å². The summed E-state index contributed by atoms with van der Waals surface area (Å²) in [5, 5.41) is 12.5. The second-order valence-corrected chi connectivity index (χ2v) is 9.12. The molecular formula is C25H26N6O2. The second kappa shape index (κ2) is 8.20. The minimum atomic E-state index is -0.511. The molecule has 0 aliphatic carbocycles. The molecule has 1 amide bonds. The summed E-state index contributed by atoms with van der Waals surface area (Å²) in [5.41, 5.74) is 3.28. The zero-order valence-corrected chi connectivity index (χ0v) is 18.9. The summed E-state index contributed by atoms with van der Waals surface area (Å²) in [7, 11) is 0. The largest absolute Gasteiger partial charge is 0.444 e. The Morgan fingerprint density at radius 3 is 2.79 bits per heavy atom. The Labute approximate surface area is 191 Å². The Morgan fingerprint density at radius 1 is 1.15 bits per heavy atom. The lowest BCUT2D eigenvalue weighted by molar-refractivity contribution is 0.0270. The second-order valence-electron chi connectivity index (χ2n) is 9.12.